The standard InChI is InChI=1S/C15H21NO2S/c1-10(2)7-12-5-6-13-8-11(3)15(14(13)9-12)16-19(4,17)18/h5-6,8-10,15-16H,7H2,1-4H3. The van der Waals surface area contributed by atoms with Crippen molar-refractivity contribution < 1.29 is 8.42 Å². The summed E-state index contributed by atoms with van der Waals surface area (Å²) in [4.78, 5) is 0. The molecule has 19 heavy (non-hydrogen) atoms. The van der Waals surface area contributed by atoms with Crippen LogP contribution in [0.5, 0.6) is 0 Å². The summed E-state index contributed by atoms with van der Waals surface area (Å²) in [5.41, 5.74) is 4.49. The third-order valence-corrected chi connectivity index (χ3v) is 3.94. The molecular weight excluding hydrogens is 258 g/mol. The second kappa shape index (κ2) is 5.10. The Bertz CT molecular complexity index is 615. The molecule has 0 saturated carbocycles. The van der Waals surface area contributed by atoms with Gasteiger partial charge in [-0.05, 0) is 36.0 Å². The molecule has 1 aliphatic rings. The summed E-state index contributed by atoms with van der Waals surface area (Å²) in [5, 5.41) is 0. The lowest BCUT2D eigenvalue weighted by atomic mass is 9.97. The number of hydrogen-bond donors (Lipinski definition) is 1. The van der Waals surface area contributed by atoms with Gasteiger partial charge in [0.25, 0.3) is 0 Å². The van der Waals surface area contributed by atoms with Crippen molar-refractivity contribution in [1.82, 2.24) is 4.72 Å². The van der Waals surface area contributed by atoms with E-state index in [1.165, 1.54) is 11.8 Å². The Balaban J connectivity index is 2.35. The molecular formula is C15H21NO2S. The van der Waals surface area contributed by atoms with Crippen LogP contribution in [0.25, 0.3) is 6.08 Å². The predicted octanol–water partition coefficient (Wildman–Crippen LogP) is 2.89. The van der Waals surface area contributed by atoms with E-state index < -0.39 is 10.0 Å². The molecule has 1 atom stereocenters. The van der Waals surface area contributed by atoms with Crippen molar-refractivity contribution in [1.29, 1.82) is 0 Å². The monoisotopic (exact) mass is 279 g/mol. The third kappa shape index (κ3) is 3.45. The zero-order valence-corrected chi connectivity index (χ0v) is 12.7. The summed E-state index contributed by atoms with van der Waals surface area (Å²) < 4.78 is 25.6. The molecule has 0 heterocycles. The van der Waals surface area contributed by atoms with E-state index in [-0.39, 0.29) is 6.04 Å². The van der Waals surface area contributed by atoms with E-state index in [0.717, 1.165) is 23.1 Å². The molecule has 1 aliphatic carbocycles. The van der Waals surface area contributed by atoms with E-state index in [4.69, 9.17) is 0 Å². The molecule has 0 aromatic heterocycles. The number of nitrogens with one attached hydrogen (secondary N) is 1. The average molecular weight is 279 g/mol. The highest BCUT2D eigenvalue weighted by atomic mass is 32.2. The van der Waals surface area contributed by atoms with Crippen molar-refractivity contribution in [3.63, 3.8) is 0 Å². The number of hydrogen-bond acceptors (Lipinski definition) is 2. The van der Waals surface area contributed by atoms with Gasteiger partial charge in [0.05, 0.1) is 12.3 Å². The minimum atomic E-state index is -3.21. The highest BCUT2D eigenvalue weighted by Gasteiger charge is 2.25. The first-order valence-electron chi connectivity index (χ1n) is 6.54. The lowest BCUT2D eigenvalue weighted by Crippen LogP contribution is -2.27. The molecule has 1 aromatic carbocycles. The van der Waals surface area contributed by atoms with Gasteiger partial charge >= 0.3 is 0 Å². The van der Waals surface area contributed by atoms with E-state index in [0.29, 0.717) is 5.92 Å². The third-order valence-electron chi connectivity index (χ3n) is 3.28. The Hall–Kier alpha value is -1.13. The summed E-state index contributed by atoms with van der Waals surface area (Å²) in [6, 6.07) is 6.13. The minimum absolute atomic E-state index is 0.211. The molecule has 0 bridgehead atoms. The van der Waals surface area contributed by atoms with Crippen LogP contribution in [0.2, 0.25) is 0 Å². The second-order valence-corrected chi connectivity index (χ2v) is 7.55. The zero-order valence-electron chi connectivity index (χ0n) is 11.9. The lowest BCUT2D eigenvalue weighted by Gasteiger charge is -2.16. The van der Waals surface area contributed by atoms with Crippen LogP contribution in [0.15, 0.2) is 23.8 Å². The van der Waals surface area contributed by atoms with Gasteiger partial charge in [-0.25, -0.2) is 13.1 Å². The molecule has 0 aliphatic heterocycles. The summed E-state index contributed by atoms with van der Waals surface area (Å²) in [6.07, 6.45) is 4.27. The average Bonchev–Trinajstić information content (AvgIpc) is 2.53. The smallest absolute Gasteiger partial charge is 0.209 e. The molecule has 3 nitrogen and oxygen atoms in total. The largest absolute Gasteiger partial charge is 0.213 e. The van der Waals surface area contributed by atoms with Gasteiger partial charge in [0.1, 0.15) is 0 Å². The van der Waals surface area contributed by atoms with Crippen LogP contribution in [0.4, 0.5) is 0 Å². The molecule has 1 unspecified atom stereocenters. The SMILES string of the molecule is CC1=Cc2ccc(CC(C)C)cc2C1NS(C)(=O)=O. The van der Waals surface area contributed by atoms with Gasteiger partial charge < -0.3 is 0 Å². The van der Waals surface area contributed by atoms with Crippen molar-refractivity contribution >= 4 is 16.1 Å². The Morgan fingerprint density at radius 1 is 1.32 bits per heavy atom. The summed E-state index contributed by atoms with van der Waals surface area (Å²) >= 11 is 0. The minimum Gasteiger partial charge on any atom is -0.213 e. The molecule has 0 fully saturated rings. The first kappa shape index (κ1) is 14.3. The van der Waals surface area contributed by atoms with E-state index in [9.17, 15) is 8.42 Å². The summed E-state index contributed by atoms with van der Waals surface area (Å²) in [5.74, 6) is 0.592. The van der Waals surface area contributed by atoms with Crippen LogP contribution >= 0.6 is 0 Å². The van der Waals surface area contributed by atoms with Crippen molar-refractivity contribution in [3.05, 3.63) is 40.5 Å². The van der Waals surface area contributed by atoms with E-state index >= 15 is 0 Å². The first-order valence-corrected chi connectivity index (χ1v) is 8.44. The van der Waals surface area contributed by atoms with Crippen molar-refractivity contribution in [2.24, 2.45) is 5.92 Å². The highest BCUT2D eigenvalue weighted by molar-refractivity contribution is 7.88. The molecule has 0 radical (unpaired) electrons. The van der Waals surface area contributed by atoms with Crippen molar-refractivity contribution in [2.75, 3.05) is 6.26 Å². The number of benzene rings is 1. The fourth-order valence-corrected chi connectivity index (χ4v) is 3.29. The van der Waals surface area contributed by atoms with Crippen molar-refractivity contribution in [2.45, 2.75) is 33.2 Å². The molecule has 104 valence electrons. The molecule has 0 spiro atoms. The molecule has 1 N–H and O–H groups in total. The van der Waals surface area contributed by atoms with E-state index in [2.05, 4.69) is 42.8 Å². The molecule has 0 amide bonds. The molecule has 1 aromatic rings. The van der Waals surface area contributed by atoms with Gasteiger partial charge in [-0.3, -0.25) is 0 Å². The fraction of sp³-hybridized carbons (Fsp3) is 0.467. The van der Waals surface area contributed by atoms with E-state index in [1.807, 2.05) is 6.92 Å². The van der Waals surface area contributed by atoms with Gasteiger partial charge in [-0.2, -0.15) is 0 Å². The number of sulfonamides is 1. The van der Waals surface area contributed by atoms with Crippen LogP contribution < -0.4 is 4.72 Å². The number of fused-ring (bicyclic) bond motifs is 1. The summed E-state index contributed by atoms with van der Waals surface area (Å²) in [7, 11) is -3.21. The van der Waals surface area contributed by atoms with Gasteiger partial charge in [0.15, 0.2) is 0 Å². The van der Waals surface area contributed by atoms with Gasteiger partial charge in [-0.15, -0.1) is 0 Å². The highest BCUT2D eigenvalue weighted by Crippen LogP contribution is 2.35. The normalized spacial score (nSPS) is 18.6. The fourth-order valence-electron chi connectivity index (χ4n) is 2.55. The van der Waals surface area contributed by atoms with Crippen LogP contribution in [0, 0.1) is 5.92 Å². The Kier molecular flexibility index (Phi) is 3.83. The second-order valence-electron chi connectivity index (χ2n) is 5.77. The molecule has 0 saturated heterocycles. The van der Waals surface area contributed by atoms with E-state index in [1.54, 1.807) is 0 Å². The zero-order chi connectivity index (χ0) is 14.2. The molecule has 2 rings (SSSR count). The maximum absolute atomic E-state index is 11.5. The maximum atomic E-state index is 11.5. The summed E-state index contributed by atoms with van der Waals surface area (Å²) in [6.45, 7) is 6.33. The Morgan fingerprint density at radius 2 is 2.00 bits per heavy atom. The Morgan fingerprint density at radius 3 is 2.58 bits per heavy atom. The molecule has 4 heteroatoms. The first-order chi connectivity index (χ1) is 8.76. The van der Waals surface area contributed by atoms with Crippen LogP contribution in [-0.2, 0) is 16.4 Å². The topological polar surface area (TPSA) is 46.2 Å². The number of rotatable bonds is 4. The maximum Gasteiger partial charge on any atom is 0.209 e. The predicted molar refractivity (Wildman–Crippen MR) is 79.4 cm³/mol. The van der Waals surface area contributed by atoms with Gasteiger partial charge in [0, 0.05) is 0 Å². The van der Waals surface area contributed by atoms with Crippen molar-refractivity contribution in [3.8, 4) is 0 Å². The Labute approximate surface area is 115 Å². The lowest BCUT2D eigenvalue weighted by molar-refractivity contribution is 0.578. The quantitative estimate of drug-likeness (QED) is 0.921. The van der Waals surface area contributed by atoms with Crippen LogP contribution in [0.3, 0.4) is 0 Å². The van der Waals surface area contributed by atoms with Gasteiger partial charge in [-0.1, -0.05) is 43.7 Å². The van der Waals surface area contributed by atoms with Gasteiger partial charge in [0.2, 0.25) is 10.0 Å². The van der Waals surface area contributed by atoms with Crippen LogP contribution in [-0.4, -0.2) is 14.7 Å². The van der Waals surface area contributed by atoms with Crippen LogP contribution in [0.1, 0.15) is 43.5 Å².